The molecular formula is C53H46F2N6O7. The van der Waals surface area contributed by atoms with Gasteiger partial charge in [-0.15, -0.1) is 0 Å². The van der Waals surface area contributed by atoms with Crippen LogP contribution in [-0.2, 0) is 35.1 Å². The van der Waals surface area contributed by atoms with Crippen LogP contribution in [0.4, 0.5) is 8.78 Å². The highest BCUT2D eigenvalue weighted by atomic mass is 19.2. The molecule has 2 aromatic heterocycles. The summed E-state index contributed by atoms with van der Waals surface area (Å²) < 4.78 is 47.1. The lowest BCUT2D eigenvalue weighted by molar-refractivity contribution is 0.0360. The first-order chi connectivity index (χ1) is 33.0. The smallest absolute Gasteiger partial charge is 0.277 e. The molecule has 68 heavy (non-hydrogen) atoms. The van der Waals surface area contributed by atoms with Crippen LogP contribution in [0.15, 0.2) is 119 Å². The van der Waals surface area contributed by atoms with Crippen molar-refractivity contribution in [2.24, 2.45) is 17.8 Å². The van der Waals surface area contributed by atoms with Gasteiger partial charge in [0.1, 0.15) is 30.5 Å². The molecule has 1 fully saturated rings. The zero-order valence-corrected chi connectivity index (χ0v) is 37.1. The summed E-state index contributed by atoms with van der Waals surface area (Å²) in [6, 6.07) is 29.4. The van der Waals surface area contributed by atoms with Crippen molar-refractivity contribution in [3.05, 3.63) is 197 Å². The zero-order valence-electron chi connectivity index (χ0n) is 37.1. The Kier molecular flexibility index (Phi) is 8.81. The first kappa shape index (κ1) is 41.0. The number of halogens is 2. The summed E-state index contributed by atoms with van der Waals surface area (Å²) in [7, 11) is 1.67. The average molecular weight is 917 g/mol. The number of benzene rings is 4. The van der Waals surface area contributed by atoms with E-state index < -0.39 is 63.2 Å². The Bertz CT molecular complexity index is 3300. The van der Waals surface area contributed by atoms with Crippen molar-refractivity contribution in [2.75, 3.05) is 50.2 Å². The van der Waals surface area contributed by atoms with Gasteiger partial charge in [-0.1, -0.05) is 78.9 Å². The Hall–Kier alpha value is -7.26. The summed E-state index contributed by atoms with van der Waals surface area (Å²) in [4.78, 5) is 60.4. The van der Waals surface area contributed by atoms with Gasteiger partial charge in [0.2, 0.25) is 10.9 Å². The average Bonchev–Trinajstić information content (AvgIpc) is 4.05. The molecule has 2 amide bonds. The summed E-state index contributed by atoms with van der Waals surface area (Å²) in [5, 5.41) is 15.6. The molecule has 3 aliphatic heterocycles. The highest BCUT2D eigenvalue weighted by molar-refractivity contribution is 5.97. The largest absolute Gasteiger partial charge is 0.502 e. The number of nitrogens with zero attached hydrogens (tertiary/aromatic N) is 6. The molecule has 7 aliphatic rings. The van der Waals surface area contributed by atoms with Crippen LogP contribution in [0.5, 0.6) is 11.5 Å². The molecule has 4 aliphatic carbocycles. The van der Waals surface area contributed by atoms with Crippen LogP contribution in [0.25, 0.3) is 0 Å². The maximum Gasteiger partial charge on any atom is 0.277 e. The Morgan fingerprint density at radius 2 is 1.34 bits per heavy atom. The molecule has 13 nitrogen and oxygen atoms in total. The minimum Gasteiger partial charge on any atom is -0.502 e. The van der Waals surface area contributed by atoms with Gasteiger partial charge in [0.25, 0.3) is 11.8 Å². The zero-order chi connectivity index (χ0) is 46.4. The molecule has 0 bridgehead atoms. The third kappa shape index (κ3) is 5.27. The van der Waals surface area contributed by atoms with Crippen molar-refractivity contribution in [1.29, 1.82) is 0 Å². The molecule has 1 N–H and O–H groups in total. The predicted octanol–water partition coefficient (Wildman–Crippen LogP) is 5.67. The summed E-state index contributed by atoms with van der Waals surface area (Å²) in [5.41, 5.74) is 3.02. The number of ether oxygens (including phenoxy) is 2. The molecule has 1 saturated heterocycles. The van der Waals surface area contributed by atoms with Gasteiger partial charge >= 0.3 is 0 Å². The van der Waals surface area contributed by atoms with E-state index >= 15 is 4.39 Å². The molecule has 0 radical (unpaired) electrons. The summed E-state index contributed by atoms with van der Waals surface area (Å²) in [6.07, 6.45) is 5.13. The van der Waals surface area contributed by atoms with E-state index in [1.807, 2.05) is 59.6 Å². The molecule has 13 rings (SSSR count). The van der Waals surface area contributed by atoms with Gasteiger partial charge in [0.15, 0.2) is 34.5 Å². The molecule has 344 valence electrons. The second-order valence-corrected chi connectivity index (χ2v) is 19.4. The maximum absolute atomic E-state index is 15.9. The van der Waals surface area contributed by atoms with E-state index in [1.165, 1.54) is 23.1 Å². The van der Waals surface area contributed by atoms with Crippen molar-refractivity contribution in [3.8, 4) is 11.5 Å². The van der Waals surface area contributed by atoms with Gasteiger partial charge in [0.05, 0.1) is 0 Å². The van der Waals surface area contributed by atoms with Crippen LogP contribution in [0, 0.1) is 29.4 Å². The minimum atomic E-state index is -1.09. The highest BCUT2D eigenvalue weighted by Crippen LogP contribution is 2.62. The lowest BCUT2D eigenvalue weighted by atomic mass is 9.81. The van der Waals surface area contributed by atoms with Gasteiger partial charge in [-0.25, -0.2) is 8.78 Å². The lowest BCUT2D eigenvalue weighted by Gasteiger charge is -2.51. The molecule has 0 spiro atoms. The van der Waals surface area contributed by atoms with Crippen LogP contribution in [0.1, 0.15) is 84.4 Å². The SMILES string of the molecule is CN1CN(C23c4ccccc4CC2Cc2c3ccc(F)c2F)n2ccc(=O)c(OC3c4ccccc4C4(N5CN(CC6CCOCC6)C(=O)c6c(O)c(=O)ccn65)c5ccccc5CC34)c2C1=O. The number of carbonyl (C=O) groups excluding carboxylic acids is 2. The fraction of sp³-hybridized carbons (Fsp3) is 0.321. The van der Waals surface area contributed by atoms with Crippen LogP contribution >= 0.6 is 0 Å². The summed E-state index contributed by atoms with van der Waals surface area (Å²) in [6.45, 7) is 1.68. The highest BCUT2D eigenvalue weighted by Gasteiger charge is 2.64. The van der Waals surface area contributed by atoms with Crippen LogP contribution in [0.3, 0.4) is 0 Å². The number of carbonyl (C=O) groups is 2. The van der Waals surface area contributed by atoms with E-state index in [0.29, 0.717) is 43.7 Å². The van der Waals surface area contributed by atoms with Crippen molar-refractivity contribution in [3.63, 3.8) is 0 Å². The summed E-state index contributed by atoms with van der Waals surface area (Å²) in [5.74, 6) is -4.08. The Morgan fingerprint density at radius 3 is 2.10 bits per heavy atom. The number of amides is 2. The molecule has 5 unspecified atom stereocenters. The third-order valence-corrected chi connectivity index (χ3v) is 16.2. The van der Waals surface area contributed by atoms with Gasteiger partial charge in [-0.2, -0.15) is 0 Å². The monoisotopic (exact) mass is 916 g/mol. The Balaban J connectivity index is 0.988. The van der Waals surface area contributed by atoms with Gasteiger partial charge in [-0.3, -0.25) is 38.5 Å². The fourth-order valence-electron chi connectivity index (χ4n) is 13.4. The number of aromatic nitrogens is 2. The number of hydrogen-bond donors (Lipinski definition) is 1. The van der Waals surface area contributed by atoms with E-state index in [-0.39, 0.29) is 48.7 Å². The Morgan fingerprint density at radius 1 is 0.691 bits per heavy atom. The fourth-order valence-corrected chi connectivity index (χ4v) is 13.4. The van der Waals surface area contributed by atoms with Crippen molar-refractivity contribution >= 4 is 11.8 Å². The van der Waals surface area contributed by atoms with Gasteiger partial charge < -0.3 is 24.4 Å². The first-order valence-corrected chi connectivity index (χ1v) is 23.3. The van der Waals surface area contributed by atoms with E-state index in [1.54, 1.807) is 39.8 Å². The molecule has 4 aromatic carbocycles. The quantitative estimate of drug-likeness (QED) is 0.225. The predicted molar refractivity (Wildman–Crippen MR) is 245 cm³/mol. The van der Waals surface area contributed by atoms with E-state index in [0.717, 1.165) is 46.2 Å². The maximum atomic E-state index is 15.9. The third-order valence-electron chi connectivity index (χ3n) is 16.2. The molecule has 0 saturated carbocycles. The normalized spacial score (nSPS) is 25.4. The van der Waals surface area contributed by atoms with Crippen molar-refractivity contribution in [2.45, 2.75) is 49.3 Å². The molecular weight excluding hydrogens is 871 g/mol. The van der Waals surface area contributed by atoms with Crippen molar-refractivity contribution in [1.82, 2.24) is 19.2 Å². The van der Waals surface area contributed by atoms with Crippen LogP contribution in [-0.4, -0.2) is 76.2 Å². The van der Waals surface area contributed by atoms with Crippen molar-refractivity contribution < 1.29 is 33.0 Å². The van der Waals surface area contributed by atoms with E-state index in [4.69, 9.17) is 9.47 Å². The van der Waals surface area contributed by atoms with E-state index in [9.17, 15) is 28.7 Å². The number of pyridine rings is 2. The van der Waals surface area contributed by atoms with Gasteiger partial charge in [0, 0.05) is 63.2 Å². The van der Waals surface area contributed by atoms with Gasteiger partial charge in [-0.05, 0) is 88.6 Å². The van der Waals surface area contributed by atoms with Crippen LogP contribution < -0.4 is 25.6 Å². The van der Waals surface area contributed by atoms with Crippen LogP contribution in [0.2, 0.25) is 0 Å². The standard InChI is InChI=1S/C53H46F2N6O7/c1-56-28-60(52-33(24-31-8-2-5-11-36(31)52)26-35-39(52)14-15-41(54)44(35)55)59-21-17-43(63)49(46(59)50(56)65)68-48-34-10-4-7-13-38(34)53(37-12-6-3-9-32(37)25-40(48)53)61-29-57(27-30-18-22-67-23-19-30)51(66)45-47(64)42(62)16-20-58(45)61/h2-17,20-21,30,33,40,48,64H,18-19,22-29H2,1H3. The number of fused-ring (bicyclic) bond motifs is 12. The minimum absolute atomic E-state index is 0.00380. The number of aromatic hydroxyl groups is 1. The second-order valence-electron chi connectivity index (χ2n) is 19.4. The summed E-state index contributed by atoms with van der Waals surface area (Å²) >= 11 is 0. The topological polar surface area (TPSA) is 130 Å². The molecule has 5 atom stereocenters. The first-order valence-electron chi connectivity index (χ1n) is 23.3. The lowest BCUT2D eigenvalue weighted by Crippen LogP contribution is -2.64. The Labute approximate surface area is 388 Å². The number of hydrogen-bond acceptors (Lipinski definition) is 9. The number of rotatable bonds is 6. The van der Waals surface area contributed by atoms with E-state index in [2.05, 4.69) is 23.2 Å². The molecule has 6 aromatic rings. The molecule has 5 heterocycles. The molecule has 15 heteroatoms. The second kappa shape index (κ2) is 14.6.